The Balaban J connectivity index is 1.71. The normalized spacial score (nSPS) is 11.3. The van der Waals surface area contributed by atoms with Crippen molar-refractivity contribution in [3.8, 4) is 5.75 Å². The largest absolute Gasteiger partial charge is 0.492 e. The Hall–Kier alpha value is -2.02. The minimum Gasteiger partial charge on any atom is -0.492 e. The number of rotatable bonds is 9. The molecule has 0 aliphatic heterocycles. The molecule has 0 saturated heterocycles. The molecule has 1 heteroatoms. The zero-order chi connectivity index (χ0) is 17.5. The monoisotopic (exact) mass is 334 g/mol. The smallest absolute Gasteiger partial charge is 0.134 e. The van der Waals surface area contributed by atoms with Crippen molar-refractivity contribution in [3.63, 3.8) is 0 Å². The van der Waals surface area contributed by atoms with Gasteiger partial charge in [0.05, 0.1) is 6.61 Å². The minimum absolute atomic E-state index is 0.810. The highest BCUT2D eigenvalue weighted by molar-refractivity contribution is 6.05. The third kappa shape index (κ3) is 4.54. The van der Waals surface area contributed by atoms with E-state index in [1.165, 1.54) is 65.6 Å². The van der Waals surface area contributed by atoms with Crippen LogP contribution in [0.25, 0.3) is 21.5 Å². The topological polar surface area (TPSA) is 9.23 Å². The predicted octanol–water partition coefficient (Wildman–Crippen LogP) is 7.43. The van der Waals surface area contributed by atoms with Crippen molar-refractivity contribution in [2.45, 2.75) is 58.8 Å². The van der Waals surface area contributed by atoms with Gasteiger partial charge in [0, 0.05) is 10.8 Å². The van der Waals surface area contributed by atoms with Crippen molar-refractivity contribution in [1.29, 1.82) is 0 Å². The van der Waals surface area contributed by atoms with Crippen LogP contribution in [0.4, 0.5) is 0 Å². The molecule has 0 N–H and O–H groups in total. The predicted molar refractivity (Wildman–Crippen MR) is 110 cm³/mol. The molecule has 0 spiro atoms. The van der Waals surface area contributed by atoms with E-state index in [9.17, 15) is 0 Å². The molecule has 0 aromatic heterocycles. The van der Waals surface area contributed by atoms with E-state index in [0.717, 1.165) is 18.8 Å². The Labute approximate surface area is 152 Å². The SMILES string of the molecule is CCCCCCCCCOc1c2ccccc2cc2ccc(C)cc12. The second-order valence-electron chi connectivity index (χ2n) is 7.12. The summed E-state index contributed by atoms with van der Waals surface area (Å²) in [5.41, 5.74) is 1.28. The molecular weight excluding hydrogens is 304 g/mol. The van der Waals surface area contributed by atoms with E-state index >= 15 is 0 Å². The van der Waals surface area contributed by atoms with Gasteiger partial charge in [-0.2, -0.15) is 0 Å². The number of hydrogen-bond acceptors (Lipinski definition) is 1. The van der Waals surface area contributed by atoms with E-state index in [4.69, 9.17) is 4.74 Å². The van der Waals surface area contributed by atoms with Crippen LogP contribution in [-0.4, -0.2) is 6.61 Å². The van der Waals surface area contributed by atoms with Crippen LogP contribution in [0.5, 0.6) is 5.75 Å². The molecule has 0 saturated carbocycles. The molecule has 132 valence electrons. The van der Waals surface area contributed by atoms with Crippen molar-refractivity contribution in [1.82, 2.24) is 0 Å². The molecule has 0 atom stereocenters. The summed E-state index contributed by atoms with van der Waals surface area (Å²) >= 11 is 0. The molecule has 1 nitrogen and oxygen atoms in total. The molecule has 0 unspecified atom stereocenters. The molecule has 0 fully saturated rings. The van der Waals surface area contributed by atoms with E-state index in [1.807, 2.05) is 0 Å². The fourth-order valence-corrected chi connectivity index (χ4v) is 3.52. The summed E-state index contributed by atoms with van der Waals surface area (Å²) in [7, 11) is 0. The van der Waals surface area contributed by atoms with Gasteiger partial charge in [0.1, 0.15) is 5.75 Å². The van der Waals surface area contributed by atoms with Crippen LogP contribution in [0.3, 0.4) is 0 Å². The van der Waals surface area contributed by atoms with Gasteiger partial charge in [0.2, 0.25) is 0 Å². The highest BCUT2D eigenvalue weighted by Crippen LogP contribution is 2.35. The summed E-state index contributed by atoms with van der Waals surface area (Å²) in [5.74, 6) is 1.06. The van der Waals surface area contributed by atoms with Crippen LogP contribution in [-0.2, 0) is 0 Å². The van der Waals surface area contributed by atoms with Crippen molar-refractivity contribution in [2.24, 2.45) is 0 Å². The Kier molecular flexibility index (Phi) is 6.33. The molecule has 25 heavy (non-hydrogen) atoms. The van der Waals surface area contributed by atoms with Crippen molar-refractivity contribution >= 4 is 21.5 Å². The van der Waals surface area contributed by atoms with E-state index in [-0.39, 0.29) is 0 Å². The lowest BCUT2D eigenvalue weighted by Crippen LogP contribution is -1.99. The first kappa shape index (κ1) is 17.8. The van der Waals surface area contributed by atoms with Crippen LogP contribution in [0.1, 0.15) is 57.4 Å². The van der Waals surface area contributed by atoms with E-state index in [1.54, 1.807) is 0 Å². The van der Waals surface area contributed by atoms with Gasteiger partial charge in [0.15, 0.2) is 0 Å². The van der Waals surface area contributed by atoms with Gasteiger partial charge in [-0.1, -0.05) is 87.4 Å². The number of benzene rings is 3. The highest BCUT2D eigenvalue weighted by atomic mass is 16.5. The van der Waals surface area contributed by atoms with Gasteiger partial charge in [-0.05, 0) is 36.2 Å². The maximum atomic E-state index is 6.32. The number of aryl methyl sites for hydroxylation is 1. The first-order chi connectivity index (χ1) is 12.3. The van der Waals surface area contributed by atoms with Gasteiger partial charge in [-0.3, -0.25) is 0 Å². The van der Waals surface area contributed by atoms with Crippen molar-refractivity contribution in [3.05, 3.63) is 54.1 Å². The molecule has 0 radical (unpaired) electrons. The van der Waals surface area contributed by atoms with Crippen molar-refractivity contribution < 1.29 is 4.74 Å². The second-order valence-corrected chi connectivity index (χ2v) is 7.12. The van der Waals surface area contributed by atoms with Gasteiger partial charge in [-0.15, -0.1) is 0 Å². The second kappa shape index (κ2) is 8.89. The van der Waals surface area contributed by atoms with Crippen LogP contribution < -0.4 is 4.74 Å². The quantitative estimate of drug-likeness (QED) is 0.292. The Bertz CT molecular complexity index is 819. The molecular formula is C24H30O. The van der Waals surface area contributed by atoms with Gasteiger partial charge in [0.25, 0.3) is 0 Å². The van der Waals surface area contributed by atoms with Gasteiger partial charge >= 0.3 is 0 Å². The fourth-order valence-electron chi connectivity index (χ4n) is 3.52. The Morgan fingerprint density at radius 2 is 1.44 bits per heavy atom. The Morgan fingerprint density at radius 1 is 0.720 bits per heavy atom. The zero-order valence-electron chi connectivity index (χ0n) is 15.7. The maximum Gasteiger partial charge on any atom is 0.134 e. The third-order valence-corrected chi connectivity index (χ3v) is 4.96. The van der Waals surface area contributed by atoms with Crippen LogP contribution in [0, 0.1) is 6.92 Å². The first-order valence-corrected chi connectivity index (χ1v) is 9.84. The van der Waals surface area contributed by atoms with Crippen molar-refractivity contribution in [2.75, 3.05) is 6.61 Å². The van der Waals surface area contributed by atoms with Crippen LogP contribution in [0.2, 0.25) is 0 Å². The molecule has 0 aliphatic rings. The maximum absolute atomic E-state index is 6.32. The number of unbranched alkanes of at least 4 members (excludes halogenated alkanes) is 6. The molecule has 0 bridgehead atoms. The lowest BCUT2D eigenvalue weighted by atomic mass is 10.0. The summed E-state index contributed by atoms with van der Waals surface area (Å²) in [6, 6.07) is 17.5. The van der Waals surface area contributed by atoms with Gasteiger partial charge < -0.3 is 4.74 Å². The number of hydrogen-bond donors (Lipinski definition) is 0. The molecule has 3 aromatic carbocycles. The van der Waals surface area contributed by atoms with Gasteiger partial charge in [-0.25, -0.2) is 0 Å². The summed E-state index contributed by atoms with van der Waals surface area (Å²) in [6.07, 6.45) is 9.18. The lowest BCUT2D eigenvalue weighted by Gasteiger charge is -2.14. The summed E-state index contributed by atoms with van der Waals surface area (Å²) in [6.45, 7) is 5.23. The number of fused-ring (bicyclic) bond motifs is 2. The summed E-state index contributed by atoms with van der Waals surface area (Å²) in [5, 5.41) is 4.98. The van der Waals surface area contributed by atoms with E-state index < -0.39 is 0 Å². The molecule has 3 rings (SSSR count). The van der Waals surface area contributed by atoms with E-state index in [2.05, 4.69) is 62.4 Å². The average Bonchev–Trinajstić information content (AvgIpc) is 2.63. The zero-order valence-corrected chi connectivity index (χ0v) is 15.7. The Morgan fingerprint density at radius 3 is 2.28 bits per heavy atom. The molecule has 0 amide bonds. The number of ether oxygens (including phenoxy) is 1. The third-order valence-electron chi connectivity index (χ3n) is 4.96. The highest BCUT2D eigenvalue weighted by Gasteiger charge is 2.09. The minimum atomic E-state index is 0.810. The standard InChI is InChI=1S/C24H30O/c1-3-4-5-6-7-8-11-16-25-24-22-13-10-9-12-20(22)18-21-15-14-19(2)17-23(21)24/h9-10,12-15,17-18H,3-8,11,16H2,1-2H3. The first-order valence-electron chi connectivity index (χ1n) is 9.84. The average molecular weight is 335 g/mol. The fraction of sp³-hybridized carbons (Fsp3) is 0.417. The summed E-state index contributed by atoms with van der Waals surface area (Å²) in [4.78, 5) is 0. The van der Waals surface area contributed by atoms with Crippen LogP contribution in [0.15, 0.2) is 48.5 Å². The molecule has 0 aliphatic carbocycles. The lowest BCUT2D eigenvalue weighted by molar-refractivity contribution is 0.311. The molecule has 0 heterocycles. The van der Waals surface area contributed by atoms with Crippen LogP contribution >= 0.6 is 0 Å². The van der Waals surface area contributed by atoms with E-state index in [0.29, 0.717) is 0 Å². The molecule has 3 aromatic rings. The summed E-state index contributed by atoms with van der Waals surface area (Å²) < 4.78 is 6.32.